The van der Waals surface area contributed by atoms with Crippen molar-refractivity contribution in [2.75, 3.05) is 13.7 Å². The summed E-state index contributed by atoms with van der Waals surface area (Å²) in [5.41, 5.74) is 3.63. The highest BCUT2D eigenvalue weighted by molar-refractivity contribution is 5.48. The summed E-state index contributed by atoms with van der Waals surface area (Å²) in [5.74, 6) is 1.97. The van der Waals surface area contributed by atoms with Crippen molar-refractivity contribution in [3.63, 3.8) is 0 Å². The Hall–Kier alpha value is -1.74. The number of nitrogens with one attached hydrogen (secondary N) is 1. The van der Waals surface area contributed by atoms with Gasteiger partial charge < -0.3 is 14.5 Å². The average molecular weight is 243 g/mol. The Morgan fingerprint density at radius 1 is 1.33 bits per heavy atom. The lowest BCUT2D eigenvalue weighted by Crippen LogP contribution is -2.17. The molecule has 3 heteroatoms. The van der Waals surface area contributed by atoms with E-state index in [4.69, 9.17) is 9.15 Å². The van der Waals surface area contributed by atoms with E-state index in [1.54, 1.807) is 0 Å². The minimum atomic E-state index is 0.121. The third-order valence-corrected chi connectivity index (χ3v) is 3.43. The molecule has 0 radical (unpaired) electrons. The first-order valence-corrected chi connectivity index (χ1v) is 6.26. The minimum Gasteiger partial charge on any atom is -0.493 e. The Morgan fingerprint density at radius 2 is 2.22 bits per heavy atom. The van der Waals surface area contributed by atoms with Crippen LogP contribution in [0.2, 0.25) is 0 Å². The van der Waals surface area contributed by atoms with Crippen molar-refractivity contribution in [3.8, 4) is 5.75 Å². The third-order valence-electron chi connectivity index (χ3n) is 3.43. The molecule has 0 aliphatic carbocycles. The molecular formula is C15H17NO2. The Labute approximate surface area is 107 Å². The molecule has 1 N–H and O–H groups in total. The minimum absolute atomic E-state index is 0.121. The van der Waals surface area contributed by atoms with Crippen molar-refractivity contribution in [2.24, 2.45) is 0 Å². The maximum absolute atomic E-state index is 5.77. The molecule has 94 valence electrons. The van der Waals surface area contributed by atoms with Crippen LogP contribution in [0.4, 0.5) is 0 Å². The summed E-state index contributed by atoms with van der Waals surface area (Å²) < 4.78 is 11.2. The van der Waals surface area contributed by atoms with E-state index in [2.05, 4.69) is 29.6 Å². The molecular weight excluding hydrogens is 226 g/mol. The highest BCUT2D eigenvalue weighted by Crippen LogP contribution is 2.36. The van der Waals surface area contributed by atoms with Crippen LogP contribution in [0.15, 0.2) is 34.9 Å². The van der Waals surface area contributed by atoms with E-state index in [9.17, 15) is 0 Å². The van der Waals surface area contributed by atoms with Gasteiger partial charge in [-0.3, -0.25) is 0 Å². The van der Waals surface area contributed by atoms with Gasteiger partial charge in [0.25, 0.3) is 0 Å². The number of furan rings is 1. The molecule has 1 aliphatic heterocycles. The fraction of sp³-hybridized carbons (Fsp3) is 0.333. The number of benzene rings is 1. The largest absolute Gasteiger partial charge is 0.493 e. The number of para-hydroxylation sites is 1. The number of hydrogen-bond donors (Lipinski definition) is 1. The van der Waals surface area contributed by atoms with E-state index in [1.165, 1.54) is 11.1 Å². The van der Waals surface area contributed by atoms with Crippen LogP contribution in [0.1, 0.15) is 28.5 Å². The predicted molar refractivity (Wildman–Crippen MR) is 70.0 cm³/mol. The molecule has 0 amide bonds. The van der Waals surface area contributed by atoms with E-state index in [1.807, 2.05) is 20.2 Å². The molecule has 1 unspecified atom stereocenters. The molecule has 0 saturated heterocycles. The normalized spacial score (nSPS) is 15.2. The summed E-state index contributed by atoms with van der Waals surface area (Å²) in [4.78, 5) is 0. The van der Waals surface area contributed by atoms with Crippen LogP contribution in [-0.4, -0.2) is 13.7 Å². The fourth-order valence-electron chi connectivity index (χ4n) is 2.58. The lowest BCUT2D eigenvalue weighted by Gasteiger charge is -2.17. The van der Waals surface area contributed by atoms with Crippen LogP contribution in [-0.2, 0) is 6.42 Å². The van der Waals surface area contributed by atoms with Crippen LogP contribution >= 0.6 is 0 Å². The molecule has 3 nitrogen and oxygen atoms in total. The molecule has 1 aliphatic rings. The van der Waals surface area contributed by atoms with Crippen LogP contribution in [0.5, 0.6) is 5.75 Å². The van der Waals surface area contributed by atoms with Gasteiger partial charge in [-0.1, -0.05) is 18.2 Å². The van der Waals surface area contributed by atoms with E-state index in [-0.39, 0.29) is 6.04 Å². The van der Waals surface area contributed by atoms with Crippen molar-refractivity contribution in [1.82, 2.24) is 5.32 Å². The molecule has 0 bridgehead atoms. The molecule has 1 aromatic carbocycles. The molecule has 18 heavy (non-hydrogen) atoms. The number of aryl methyl sites for hydroxylation is 1. The van der Waals surface area contributed by atoms with Crippen LogP contribution in [0.3, 0.4) is 0 Å². The second-order valence-electron chi connectivity index (χ2n) is 4.65. The monoisotopic (exact) mass is 243 g/mol. The zero-order chi connectivity index (χ0) is 12.5. The highest BCUT2D eigenvalue weighted by Gasteiger charge is 2.23. The smallest absolute Gasteiger partial charge is 0.127 e. The van der Waals surface area contributed by atoms with Crippen molar-refractivity contribution < 1.29 is 9.15 Å². The molecule has 2 aromatic rings. The van der Waals surface area contributed by atoms with Gasteiger partial charge in [-0.2, -0.15) is 0 Å². The van der Waals surface area contributed by atoms with Crippen LogP contribution in [0, 0.1) is 6.92 Å². The molecule has 0 spiro atoms. The summed E-state index contributed by atoms with van der Waals surface area (Å²) in [6, 6.07) is 8.54. The molecule has 1 atom stereocenters. The van der Waals surface area contributed by atoms with E-state index in [0.29, 0.717) is 0 Å². The third kappa shape index (κ3) is 1.81. The second kappa shape index (κ2) is 4.50. The van der Waals surface area contributed by atoms with Crippen molar-refractivity contribution in [2.45, 2.75) is 19.4 Å². The van der Waals surface area contributed by atoms with E-state index in [0.717, 1.165) is 30.1 Å². The van der Waals surface area contributed by atoms with Crippen LogP contribution in [0.25, 0.3) is 0 Å². The highest BCUT2D eigenvalue weighted by atomic mass is 16.5. The number of ether oxygens (including phenoxy) is 1. The maximum atomic E-state index is 5.77. The number of fused-ring (bicyclic) bond motifs is 1. The van der Waals surface area contributed by atoms with Gasteiger partial charge in [0.15, 0.2) is 0 Å². The van der Waals surface area contributed by atoms with Crippen molar-refractivity contribution >= 4 is 0 Å². The number of hydrogen-bond acceptors (Lipinski definition) is 3. The maximum Gasteiger partial charge on any atom is 0.127 e. The molecule has 1 aromatic heterocycles. The van der Waals surface area contributed by atoms with E-state index >= 15 is 0 Å². The average Bonchev–Trinajstić information content (AvgIpc) is 2.99. The predicted octanol–water partition coefficient (Wildman–Crippen LogP) is 2.83. The summed E-state index contributed by atoms with van der Waals surface area (Å²) in [5, 5.41) is 3.34. The topological polar surface area (TPSA) is 34.4 Å². The molecule has 0 saturated carbocycles. The summed E-state index contributed by atoms with van der Waals surface area (Å²) in [6.45, 7) is 2.75. The van der Waals surface area contributed by atoms with Gasteiger partial charge >= 0.3 is 0 Å². The standard InChI is InChI=1S/C15H17NO2/c1-10-8-12(9-18-10)14(16-2)13-5-3-4-11-6-7-17-15(11)13/h3-5,8-9,14,16H,6-7H2,1-2H3. The van der Waals surface area contributed by atoms with Crippen molar-refractivity contribution in [3.05, 3.63) is 53.0 Å². The van der Waals surface area contributed by atoms with Gasteiger partial charge in [0.2, 0.25) is 0 Å². The Balaban J connectivity index is 2.05. The Morgan fingerprint density at radius 3 is 2.94 bits per heavy atom. The zero-order valence-corrected chi connectivity index (χ0v) is 10.7. The van der Waals surface area contributed by atoms with Gasteiger partial charge in [0.05, 0.1) is 18.9 Å². The SMILES string of the molecule is CNC(c1coc(C)c1)c1cccc2c1OCC2. The number of rotatable bonds is 3. The van der Waals surface area contributed by atoms with Gasteiger partial charge in [-0.25, -0.2) is 0 Å². The fourth-order valence-corrected chi connectivity index (χ4v) is 2.58. The van der Waals surface area contributed by atoms with Gasteiger partial charge in [0, 0.05) is 17.5 Å². The molecule has 2 heterocycles. The molecule has 3 rings (SSSR count). The van der Waals surface area contributed by atoms with Crippen molar-refractivity contribution in [1.29, 1.82) is 0 Å². The zero-order valence-electron chi connectivity index (χ0n) is 10.7. The summed E-state index contributed by atoms with van der Waals surface area (Å²) >= 11 is 0. The van der Waals surface area contributed by atoms with Crippen LogP contribution < -0.4 is 10.1 Å². The summed E-state index contributed by atoms with van der Waals surface area (Å²) in [7, 11) is 1.96. The van der Waals surface area contributed by atoms with Gasteiger partial charge in [0.1, 0.15) is 11.5 Å². The lowest BCUT2D eigenvalue weighted by molar-refractivity contribution is 0.351. The van der Waals surface area contributed by atoms with Gasteiger partial charge in [-0.05, 0) is 25.6 Å². The Bertz CT molecular complexity index is 559. The quantitative estimate of drug-likeness (QED) is 0.900. The molecule has 0 fully saturated rings. The second-order valence-corrected chi connectivity index (χ2v) is 4.65. The first-order chi connectivity index (χ1) is 8.79. The van der Waals surface area contributed by atoms with E-state index < -0.39 is 0 Å². The summed E-state index contributed by atoms with van der Waals surface area (Å²) in [6.07, 6.45) is 2.81. The Kier molecular flexibility index (Phi) is 2.84. The lowest BCUT2D eigenvalue weighted by atomic mass is 9.97. The van der Waals surface area contributed by atoms with Gasteiger partial charge in [-0.15, -0.1) is 0 Å². The first-order valence-electron chi connectivity index (χ1n) is 6.26. The first kappa shape index (κ1) is 11.4.